The Labute approximate surface area is 198 Å². The van der Waals surface area contributed by atoms with Gasteiger partial charge >= 0.3 is 6.36 Å². The fraction of sp³-hybridized carbons (Fsp3) is 0.409. The van der Waals surface area contributed by atoms with Gasteiger partial charge in [-0.2, -0.15) is 0 Å². The van der Waals surface area contributed by atoms with Crippen LogP contribution in [0.1, 0.15) is 36.5 Å². The molecule has 0 spiro atoms. The summed E-state index contributed by atoms with van der Waals surface area (Å²) < 4.78 is 42.9. The molecule has 3 heterocycles. The Balaban J connectivity index is 1.64. The number of halogens is 3. The Kier molecular flexibility index (Phi) is 7.05. The first-order chi connectivity index (χ1) is 16.2. The first kappa shape index (κ1) is 24.0. The minimum absolute atomic E-state index is 0.209. The number of carbonyl (C=O) groups excluding carboxylic acids is 1. The maximum absolute atomic E-state index is 13.4. The fourth-order valence-electron chi connectivity index (χ4n) is 4.07. The average Bonchev–Trinajstić information content (AvgIpc) is 3.20. The van der Waals surface area contributed by atoms with Gasteiger partial charge in [0.15, 0.2) is 10.9 Å². The van der Waals surface area contributed by atoms with Gasteiger partial charge in [-0.1, -0.05) is 30.8 Å². The molecule has 0 aliphatic carbocycles. The van der Waals surface area contributed by atoms with Gasteiger partial charge in [-0.3, -0.25) is 4.79 Å². The van der Waals surface area contributed by atoms with Gasteiger partial charge in [-0.15, -0.1) is 18.3 Å². The van der Waals surface area contributed by atoms with Crippen molar-refractivity contribution >= 4 is 17.7 Å². The second-order valence-electron chi connectivity index (χ2n) is 8.31. The van der Waals surface area contributed by atoms with Gasteiger partial charge in [-0.05, 0) is 48.6 Å². The first-order valence-electron chi connectivity index (χ1n) is 10.7. The van der Waals surface area contributed by atoms with E-state index in [0.717, 1.165) is 6.42 Å². The second-order valence-corrected chi connectivity index (χ2v) is 9.26. The predicted molar refractivity (Wildman–Crippen MR) is 118 cm³/mol. The molecular formula is C22H23F3N6O2S. The summed E-state index contributed by atoms with van der Waals surface area (Å²) in [5.41, 5.74) is 1.17. The van der Waals surface area contributed by atoms with Crippen LogP contribution in [0.3, 0.4) is 0 Å². The molecule has 1 saturated heterocycles. The van der Waals surface area contributed by atoms with E-state index in [-0.39, 0.29) is 23.1 Å². The van der Waals surface area contributed by atoms with Gasteiger partial charge in [0.25, 0.3) is 5.91 Å². The highest BCUT2D eigenvalue weighted by atomic mass is 32.2. The molecule has 1 aliphatic rings. The number of likely N-dealkylation sites (tertiary alicyclic amines) is 1. The van der Waals surface area contributed by atoms with Crippen LogP contribution in [0, 0.1) is 11.8 Å². The molecule has 1 amide bonds. The number of carbonyl (C=O) groups is 1. The van der Waals surface area contributed by atoms with Crippen molar-refractivity contribution in [3.63, 3.8) is 0 Å². The molecule has 2 unspecified atom stereocenters. The highest BCUT2D eigenvalue weighted by Crippen LogP contribution is 2.28. The maximum Gasteiger partial charge on any atom is 0.573 e. The van der Waals surface area contributed by atoms with Crippen molar-refractivity contribution in [1.29, 1.82) is 0 Å². The molecule has 0 saturated carbocycles. The third-order valence-electron chi connectivity index (χ3n) is 5.32. The summed E-state index contributed by atoms with van der Waals surface area (Å²) in [5.74, 6) is 0.473. The van der Waals surface area contributed by atoms with Crippen LogP contribution >= 0.6 is 11.8 Å². The molecule has 0 radical (unpaired) electrons. The van der Waals surface area contributed by atoms with E-state index in [0.29, 0.717) is 41.5 Å². The molecule has 12 heteroatoms. The van der Waals surface area contributed by atoms with E-state index in [4.69, 9.17) is 0 Å². The average molecular weight is 493 g/mol. The lowest BCUT2D eigenvalue weighted by Gasteiger charge is -2.34. The number of amides is 1. The molecule has 0 bridgehead atoms. The minimum atomic E-state index is -4.78. The van der Waals surface area contributed by atoms with Crippen molar-refractivity contribution < 1.29 is 22.7 Å². The van der Waals surface area contributed by atoms with Crippen molar-refractivity contribution in [3.8, 4) is 11.4 Å². The lowest BCUT2D eigenvalue weighted by atomic mass is 9.91. The smallest absolute Gasteiger partial charge is 0.406 e. The Hall–Kier alpha value is -3.15. The number of rotatable bonds is 6. The van der Waals surface area contributed by atoms with Crippen LogP contribution in [0.4, 0.5) is 13.2 Å². The molecular weight excluding hydrogens is 469 g/mol. The van der Waals surface area contributed by atoms with Gasteiger partial charge in [0.2, 0.25) is 0 Å². The molecule has 1 aliphatic heterocycles. The van der Waals surface area contributed by atoms with Crippen molar-refractivity contribution in [2.75, 3.05) is 13.1 Å². The Morgan fingerprint density at radius 1 is 1.12 bits per heavy atom. The van der Waals surface area contributed by atoms with E-state index in [1.54, 1.807) is 23.4 Å². The zero-order chi connectivity index (χ0) is 24.3. The standard InChI is InChI=1S/C22H23F3N6O2S/c1-14-10-15(2)12-30(11-14)20(32)19-18(13-34-21-26-8-3-9-27-21)31(29-28-19)16-4-6-17(7-5-16)33-22(23,24)25/h3-9,14-15H,10-13H2,1-2H3. The van der Waals surface area contributed by atoms with Gasteiger partial charge in [-0.25, -0.2) is 14.6 Å². The molecule has 34 heavy (non-hydrogen) atoms. The van der Waals surface area contributed by atoms with Crippen LogP contribution < -0.4 is 4.74 Å². The predicted octanol–water partition coefficient (Wildman–Crippen LogP) is 4.37. The molecule has 2 aromatic heterocycles. The van der Waals surface area contributed by atoms with E-state index in [1.807, 2.05) is 0 Å². The van der Waals surface area contributed by atoms with Crippen LogP contribution in [0.2, 0.25) is 0 Å². The number of thioether (sulfide) groups is 1. The van der Waals surface area contributed by atoms with Crippen molar-refractivity contribution in [1.82, 2.24) is 29.9 Å². The number of aromatic nitrogens is 5. The molecule has 1 fully saturated rings. The van der Waals surface area contributed by atoms with Crippen molar-refractivity contribution in [2.45, 2.75) is 37.5 Å². The fourth-order valence-corrected chi connectivity index (χ4v) is 4.86. The summed E-state index contributed by atoms with van der Waals surface area (Å²) in [6.07, 6.45) is -0.495. The first-order valence-corrected chi connectivity index (χ1v) is 11.7. The van der Waals surface area contributed by atoms with Gasteiger partial charge < -0.3 is 9.64 Å². The second kappa shape index (κ2) is 10.00. The summed E-state index contributed by atoms with van der Waals surface area (Å²) in [5, 5.41) is 8.84. The lowest BCUT2D eigenvalue weighted by Crippen LogP contribution is -2.43. The monoisotopic (exact) mass is 492 g/mol. The molecule has 0 N–H and O–H groups in total. The molecule has 4 rings (SSSR count). The number of hydrogen-bond donors (Lipinski definition) is 0. The van der Waals surface area contributed by atoms with E-state index in [9.17, 15) is 18.0 Å². The summed E-state index contributed by atoms with van der Waals surface area (Å²) in [6.45, 7) is 5.49. The van der Waals surface area contributed by atoms with Crippen molar-refractivity contribution in [3.05, 3.63) is 54.1 Å². The zero-order valence-electron chi connectivity index (χ0n) is 18.6. The minimum Gasteiger partial charge on any atom is -0.406 e. The van der Waals surface area contributed by atoms with Crippen molar-refractivity contribution in [2.24, 2.45) is 11.8 Å². The van der Waals surface area contributed by atoms with Gasteiger partial charge in [0, 0.05) is 31.2 Å². The molecule has 8 nitrogen and oxygen atoms in total. The van der Waals surface area contributed by atoms with Crippen LogP contribution in [0.15, 0.2) is 47.9 Å². The van der Waals surface area contributed by atoms with Crippen LogP contribution in [-0.2, 0) is 5.75 Å². The number of nitrogens with zero attached hydrogens (tertiary/aromatic N) is 6. The lowest BCUT2D eigenvalue weighted by molar-refractivity contribution is -0.274. The highest BCUT2D eigenvalue weighted by Gasteiger charge is 2.32. The quantitative estimate of drug-likeness (QED) is 0.373. The highest BCUT2D eigenvalue weighted by molar-refractivity contribution is 7.98. The Morgan fingerprint density at radius 2 is 1.76 bits per heavy atom. The summed E-state index contributed by atoms with van der Waals surface area (Å²) in [6, 6.07) is 6.95. The van der Waals surface area contributed by atoms with Gasteiger partial charge in [0.1, 0.15) is 5.75 Å². The summed E-state index contributed by atoms with van der Waals surface area (Å²) >= 11 is 1.31. The molecule has 2 atom stereocenters. The largest absolute Gasteiger partial charge is 0.573 e. The normalized spacial score (nSPS) is 18.7. The molecule has 3 aromatic rings. The number of hydrogen-bond acceptors (Lipinski definition) is 7. The Bertz CT molecular complexity index is 1110. The van der Waals surface area contributed by atoms with E-state index >= 15 is 0 Å². The third-order valence-corrected chi connectivity index (χ3v) is 6.20. The van der Waals surface area contributed by atoms with Crippen LogP contribution in [0.5, 0.6) is 5.75 Å². The topological polar surface area (TPSA) is 86.0 Å². The SMILES string of the molecule is CC1CC(C)CN(C(=O)c2nnn(-c3ccc(OC(F)(F)F)cc3)c2CSc2ncccn2)C1. The Morgan fingerprint density at radius 3 is 2.38 bits per heavy atom. The van der Waals surface area contributed by atoms with E-state index in [1.165, 1.54) is 40.7 Å². The zero-order valence-corrected chi connectivity index (χ0v) is 19.4. The van der Waals surface area contributed by atoms with Crippen LogP contribution in [-0.4, -0.2) is 55.2 Å². The summed E-state index contributed by atoms with van der Waals surface area (Å²) in [7, 11) is 0. The number of benzene rings is 1. The maximum atomic E-state index is 13.4. The summed E-state index contributed by atoms with van der Waals surface area (Å²) in [4.78, 5) is 23.6. The van der Waals surface area contributed by atoms with Gasteiger partial charge in [0.05, 0.1) is 11.4 Å². The van der Waals surface area contributed by atoms with Crippen LogP contribution in [0.25, 0.3) is 5.69 Å². The van der Waals surface area contributed by atoms with E-state index < -0.39 is 6.36 Å². The number of ether oxygens (including phenoxy) is 1. The molecule has 180 valence electrons. The number of piperidine rings is 1. The molecule has 1 aromatic carbocycles. The number of alkyl halides is 3. The van der Waals surface area contributed by atoms with E-state index in [2.05, 4.69) is 38.9 Å². The third kappa shape index (κ3) is 5.85.